The van der Waals surface area contributed by atoms with Gasteiger partial charge in [0.15, 0.2) is 0 Å². The van der Waals surface area contributed by atoms with Crippen LogP contribution >= 0.6 is 0 Å². The average molecular weight is 266 g/mol. The van der Waals surface area contributed by atoms with Gasteiger partial charge in [-0.05, 0) is 19.3 Å². The molecular formula is C13H22N4O2. The molecule has 19 heavy (non-hydrogen) atoms. The Labute approximate surface area is 113 Å². The molecule has 6 heteroatoms. The first-order valence-corrected chi connectivity index (χ1v) is 6.78. The molecule has 2 rings (SSSR count). The smallest absolute Gasteiger partial charge is 0.133 e. The number of anilines is 2. The lowest BCUT2D eigenvalue weighted by Gasteiger charge is -2.24. The highest BCUT2D eigenvalue weighted by atomic mass is 16.5. The van der Waals surface area contributed by atoms with Gasteiger partial charge in [-0.25, -0.2) is 9.97 Å². The molecule has 1 fully saturated rings. The fourth-order valence-electron chi connectivity index (χ4n) is 2.11. The van der Waals surface area contributed by atoms with Gasteiger partial charge in [0.2, 0.25) is 0 Å². The summed E-state index contributed by atoms with van der Waals surface area (Å²) in [6.45, 7) is 2.60. The second-order valence-corrected chi connectivity index (χ2v) is 4.79. The Balaban J connectivity index is 1.93. The standard InChI is InChI=1S/C13H22N4O2/c1-17(5-2-6-18)13-9-12(14-10-15-13)16-11-3-7-19-8-4-11/h9-11,18H,2-8H2,1H3,(H,14,15,16). The van der Waals surface area contributed by atoms with E-state index in [2.05, 4.69) is 15.3 Å². The van der Waals surface area contributed by atoms with Crippen LogP contribution in [0.15, 0.2) is 12.4 Å². The van der Waals surface area contributed by atoms with Crippen LogP contribution in [0, 0.1) is 0 Å². The lowest BCUT2D eigenvalue weighted by atomic mass is 10.1. The molecule has 2 heterocycles. The highest BCUT2D eigenvalue weighted by Crippen LogP contribution is 2.16. The van der Waals surface area contributed by atoms with E-state index in [9.17, 15) is 0 Å². The quantitative estimate of drug-likeness (QED) is 0.796. The van der Waals surface area contributed by atoms with Crippen LogP contribution in [0.5, 0.6) is 0 Å². The van der Waals surface area contributed by atoms with Crippen LogP contribution in [0.2, 0.25) is 0 Å². The fraction of sp³-hybridized carbons (Fsp3) is 0.692. The molecule has 6 nitrogen and oxygen atoms in total. The van der Waals surface area contributed by atoms with E-state index >= 15 is 0 Å². The van der Waals surface area contributed by atoms with Crippen molar-refractivity contribution in [2.24, 2.45) is 0 Å². The van der Waals surface area contributed by atoms with E-state index < -0.39 is 0 Å². The summed E-state index contributed by atoms with van der Waals surface area (Å²) in [4.78, 5) is 10.5. The Morgan fingerprint density at radius 3 is 2.95 bits per heavy atom. The number of aliphatic hydroxyl groups excluding tert-OH is 1. The Bertz CT molecular complexity index is 383. The van der Waals surface area contributed by atoms with E-state index in [-0.39, 0.29) is 6.61 Å². The summed E-state index contributed by atoms with van der Waals surface area (Å²) in [6.07, 6.45) is 4.34. The number of aliphatic hydroxyl groups is 1. The van der Waals surface area contributed by atoms with Crippen molar-refractivity contribution in [3.05, 3.63) is 12.4 Å². The molecular weight excluding hydrogens is 244 g/mol. The third-order valence-corrected chi connectivity index (χ3v) is 3.27. The first-order chi connectivity index (χ1) is 9.29. The van der Waals surface area contributed by atoms with Gasteiger partial charge in [0.1, 0.15) is 18.0 Å². The maximum atomic E-state index is 8.85. The number of hydrogen-bond acceptors (Lipinski definition) is 6. The lowest BCUT2D eigenvalue weighted by Crippen LogP contribution is -2.28. The van der Waals surface area contributed by atoms with Crippen molar-refractivity contribution in [2.45, 2.75) is 25.3 Å². The van der Waals surface area contributed by atoms with E-state index in [1.165, 1.54) is 0 Å². The van der Waals surface area contributed by atoms with Crippen LogP contribution < -0.4 is 10.2 Å². The van der Waals surface area contributed by atoms with Crippen molar-refractivity contribution in [1.29, 1.82) is 0 Å². The molecule has 0 aliphatic carbocycles. The number of hydrogen-bond donors (Lipinski definition) is 2. The van der Waals surface area contributed by atoms with E-state index in [4.69, 9.17) is 9.84 Å². The van der Waals surface area contributed by atoms with Crippen LogP contribution in [-0.2, 0) is 4.74 Å². The van der Waals surface area contributed by atoms with Crippen molar-refractivity contribution in [3.63, 3.8) is 0 Å². The second-order valence-electron chi connectivity index (χ2n) is 4.79. The van der Waals surface area contributed by atoms with Crippen molar-refractivity contribution in [2.75, 3.05) is 43.6 Å². The summed E-state index contributed by atoms with van der Waals surface area (Å²) in [7, 11) is 1.97. The molecule has 0 aromatic carbocycles. The maximum absolute atomic E-state index is 8.85. The summed E-state index contributed by atoms with van der Waals surface area (Å²) < 4.78 is 5.34. The molecule has 0 atom stereocenters. The minimum atomic E-state index is 0.197. The number of aromatic nitrogens is 2. The molecule has 0 amide bonds. The van der Waals surface area contributed by atoms with Crippen LogP contribution in [0.25, 0.3) is 0 Å². The highest BCUT2D eigenvalue weighted by Gasteiger charge is 2.14. The molecule has 1 saturated heterocycles. The average Bonchev–Trinajstić information content (AvgIpc) is 2.46. The Hall–Kier alpha value is -1.40. The van der Waals surface area contributed by atoms with Crippen LogP contribution in [0.3, 0.4) is 0 Å². The molecule has 1 aromatic rings. The van der Waals surface area contributed by atoms with Crippen molar-refractivity contribution >= 4 is 11.6 Å². The van der Waals surface area contributed by atoms with Gasteiger partial charge in [0, 0.05) is 45.5 Å². The van der Waals surface area contributed by atoms with Gasteiger partial charge in [-0.2, -0.15) is 0 Å². The molecule has 1 aliphatic heterocycles. The zero-order chi connectivity index (χ0) is 13.5. The van der Waals surface area contributed by atoms with E-state index in [0.717, 1.165) is 50.7 Å². The summed E-state index contributed by atoms with van der Waals surface area (Å²) >= 11 is 0. The summed E-state index contributed by atoms with van der Waals surface area (Å²) in [5.74, 6) is 1.73. The zero-order valence-corrected chi connectivity index (χ0v) is 11.4. The Kier molecular flexibility index (Phi) is 5.35. The van der Waals surface area contributed by atoms with Crippen molar-refractivity contribution in [1.82, 2.24) is 9.97 Å². The molecule has 0 unspecified atom stereocenters. The molecule has 0 radical (unpaired) electrons. The second kappa shape index (κ2) is 7.25. The van der Waals surface area contributed by atoms with Crippen LogP contribution in [0.4, 0.5) is 11.6 Å². The zero-order valence-electron chi connectivity index (χ0n) is 11.4. The van der Waals surface area contributed by atoms with Gasteiger partial charge in [-0.15, -0.1) is 0 Å². The summed E-state index contributed by atoms with van der Waals surface area (Å²) in [6, 6.07) is 2.38. The number of nitrogens with one attached hydrogen (secondary N) is 1. The fourth-order valence-corrected chi connectivity index (χ4v) is 2.11. The summed E-state index contributed by atoms with van der Waals surface area (Å²) in [5.41, 5.74) is 0. The van der Waals surface area contributed by atoms with Crippen LogP contribution in [0.1, 0.15) is 19.3 Å². The third-order valence-electron chi connectivity index (χ3n) is 3.27. The van der Waals surface area contributed by atoms with Gasteiger partial charge in [0.05, 0.1) is 0 Å². The summed E-state index contributed by atoms with van der Waals surface area (Å²) in [5, 5.41) is 12.3. The maximum Gasteiger partial charge on any atom is 0.133 e. The topological polar surface area (TPSA) is 70.5 Å². The highest BCUT2D eigenvalue weighted by molar-refractivity contribution is 5.48. The number of nitrogens with zero attached hydrogens (tertiary/aromatic N) is 3. The van der Waals surface area contributed by atoms with Gasteiger partial charge >= 0.3 is 0 Å². The molecule has 1 aliphatic rings. The molecule has 1 aromatic heterocycles. The van der Waals surface area contributed by atoms with Gasteiger partial charge in [-0.1, -0.05) is 0 Å². The Morgan fingerprint density at radius 1 is 1.42 bits per heavy atom. The van der Waals surface area contributed by atoms with Gasteiger partial charge in [0.25, 0.3) is 0 Å². The van der Waals surface area contributed by atoms with Crippen molar-refractivity contribution in [3.8, 4) is 0 Å². The molecule has 106 valence electrons. The normalized spacial score (nSPS) is 16.3. The monoisotopic (exact) mass is 266 g/mol. The molecule has 0 bridgehead atoms. The third kappa shape index (κ3) is 4.33. The minimum absolute atomic E-state index is 0.197. The predicted octanol–water partition coefficient (Wildman–Crippen LogP) is 0.886. The van der Waals surface area contributed by atoms with E-state index in [1.54, 1.807) is 6.33 Å². The first kappa shape index (κ1) is 14.0. The van der Waals surface area contributed by atoms with Gasteiger partial charge in [-0.3, -0.25) is 0 Å². The largest absolute Gasteiger partial charge is 0.396 e. The van der Waals surface area contributed by atoms with E-state index in [1.807, 2.05) is 18.0 Å². The minimum Gasteiger partial charge on any atom is -0.396 e. The predicted molar refractivity (Wildman–Crippen MR) is 74.5 cm³/mol. The molecule has 0 saturated carbocycles. The van der Waals surface area contributed by atoms with Crippen molar-refractivity contribution < 1.29 is 9.84 Å². The molecule has 2 N–H and O–H groups in total. The number of ether oxygens (including phenoxy) is 1. The molecule has 0 spiro atoms. The van der Waals surface area contributed by atoms with Gasteiger partial charge < -0.3 is 20.1 Å². The Morgan fingerprint density at radius 2 is 2.21 bits per heavy atom. The number of rotatable bonds is 6. The lowest BCUT2D eigenvalue weighted by molar-refractivity contribution is 0.0904. The SMILES string of the molecule is CN(CCCO)c1cc(NC2CCOCC2)ncn1. The first-order valence-electron chi connectivity index (χ1n) is 6.78. The van der Waals surface area contributed by atoms with E-state index in [0.29, 0.717) is 6.04 Å². The van der Waals surface area contributed by atoms with Crippen LogP contribution in [-0.4, -0.2) is 54.5 Å².